The van der Waals surface area contributed by atoms with E-state index in [2.05, 4.69) is 11.1 Å². The van der Waals surface area contributed by atoms with Crippen molar-refractivity contribution in [3.63, 3.8) is 0 Å². The molecule has 1 aromatic heterocycles. The number of nitrogens with zero attached hydrogens (tertiary/aromatic N) is 2. The molecule has 8 heteroatoms. The first kappa shape index (κ1) is 24.1. The first-order valence-corrected chi connectivity index (χ1v) is 10.2. The van der Waals surface area contributed by atoms with Gasteiger partial charge in [-0.1, -0.05) is 23.7 Å². The lowest BCUT2D eigenvalue weighted by atomic mass is 9.68. The van der Waals surface area contributed by atoms with Gasteiger partial charge in [0.05, 0.1) is 12.0 Å². The minimum Gasteiger partial charge on any atom is -0.481 e. The van der Waals surface area contributed by atoms with Gasteiger partial charge in [0.15, 0.2) is 0 Å². The summed E-state index contributed by atoms with van der Waals surface area (Å²) in [7, 11) is 0. The van der Waals surface area contributed by atoms with Crippen molar-refractivity contribution in [2.75, 3.05) is 13.1 Å². The Morgan fingerprint density at radius 3 is 2.53 bits per heavy atom. The van der Waals surface area contributed by atoms with Crippen molar-refractivity contribution >= 4 is 35.9 Å². The van der Waals surface area contributed by atoms with E-state index in [0.717, 1.165) is 31.2 Å². The van der Waals surface area contributed by atoms with Crippen molar-refractivity contribution in [3.05, 3.63) is 64.9 Å². The number of carboxylic acids is 1. The largest absolute Gasteiger partial charge is 0.481 e. The number of amides is 1. The van der Waals surface area contributed by atoms with Gasteiger partial charge in [0.25, 0.3) is 5.91 Å². The summed E-state index contributed by atoms with van der Waals surface area (Å²) in [4.78, 5) is 29.9. The molecule has 1 aromatic carbocycles. The highest BCUT2D eigenvalue weighted by atomic mass is 35.5. The Labute approximate surface area is 187 Å². The fourth-order valence-corrected chi connectivity index (χ4v) is 4.41. The molecule has 1 amide bonds. The van der Waals surface area contributed by atoms with E-state index in [4.69, 9.17) is 22.4 Å². The second-order valence-corrected chi connectivity index (χ2v) is 8.05. The summed E-state index contributed by atoms with van der Waals surface area (Å²) < 4.78 is 0. The lowest BCUT2D eigenvalue weighted by Crippen LogP contribution is -2.48. The van der Waals surface area contributed by atoms with E-state index >= 15 is 0 Å². The molecular formula is C22H27Cl2N3O3. The summed E-state index contributed by atoms with van der Waals surface area (Å²) in [5.41, 5.74) is 7.61. The highest BCUT2D eigenvalue weighted by molar-refractivity contribution is 6.30. The number of hydrogen-bond donors (Lipinski definition) is 2. The molecule has 0 spiro atoms. The van der Waals surface area contributed by atoms with Crippen molar-refractivity contribution in [2.24, 2.45) is 5.73 Å². The molecule has 1 saturated carbocycles. The predicted molar refractivity (Wildman–Crippen MR) is 119 cm³/mol. The van der Waals surface area contributed by atoms with Crippen molar-refractivity contribution < 1.29 is 14.7 Å². The van der Waals surface area contributed by atoms with E-state index < -0.39 is 5.97 Å². The van der Waals surface area contributed by atoms with Crippen molar-refractivity contribution in [1.82, 2.24) is 9.88 Å². The third-order valence-electron chi connectivity index (χ3n) is 5.92. The first-order chi connectivity index (χ1) is 13.9. The van der Waals surface area contributed by atoms with Crippen LogP contribution in [0.3, 0.4) is 0 Å². The Balaban J connectivity index is 0.00000320. The predicted octanol–water partition coefficient (Wildman–Crippen LogP) is 3.91. The number of pyridine rings is 1. The van der Waals surface area contributed by atoms with E-state index in [1.54, 1.807) is 23.2 Å². The molecule has 3 rings (SSSR count). The number of carboxylic acid groups (broad SMARTS) is 1. The molecule has 3 N–H and O–H groups in total. The van der Waals surface area contributed by atoms with Crippen LogP contribution in [0.2, 0.25) is 5.02 Å². The smallest absolute Gasteiger partial charge is 0.305 e. The van der Waals surface area contributed by atoms with Crippen LogP contribution in [-0.4, -0.2) is 46.0 Å². The molecule has 0 unspecified atom stereocenters. The molecule has 6 nitrogen and oxygen atoms in total. The minimum absolute atomic E-state index is 0. The number of benzene rings is 1. The second kappa shape index (κ2) is 10.8. The van der Waals surface area contributed by atoms with Gasteiger partial charge in [-0.15, -0.1) is 12.4 Å². The van der Waals surface area contributed by atoms with Crippen LogP contribution < -0.4 is 5.73 Å². The van der Waals surface area contributed by atoms with Gasteiger partial charge < -0.3 is 15.7 Å². The second-order valence-electron chi connectivity index (χ2n) is 7.61. The summed E-state index contributed by atoms with van der Waals surface area (Å²) in [6, 6.07) is 11.2. The van der Waals surface area contributed by atoms with Gasteiger partial charge in [0.1, 0.15) is 0 Å². The molecule has 1 aliphatic carbocycles. The lowest BCUT2D eigenvalue weighted by Gasteiger charge is -2.43. The average Bonchev–Trinajstić information content (AvgIpc) is 2.74. The highest BCUT2D eigenvalue weighted by Crippen LogP contribution is 2.41. The van der Waals surface area contributed by atoms with Crippen LogP contribution >= 0.6 is 24.0 Å². The number of rotatable bonds is 7. The zero-order chi connectivity index (χ0) is 20.9. The summed E-state index contributed by atoms with van der Waals surface area (Å²) in [5, 5.41) is 9.82. The number of hydrogen-bond acceptors (Lipinski definition) is 4. The van der Waals surface area contributed by atoms with E-state index in [1.165, 1.54) is 6.20 Å². The van der Waals surface area contributed by atoms with Crippen LogP contribution in [-0.2, 0) is 10.2 Å². The molecule has 1 aliphatic rings. The molecule has 1 heterocycles. The van der Waals surface area contributed by atoms with Crippen LogP contribution in [0.15, 0.2) is 48.8 Å². The number of aromatic nitrogens is 1. The summed E-state index contributed by atoms with van der Waals surface area (Å²) in [6.07, 6.45) is 6.20. The van der Waals surface area contributed by atoms with Crippen LogP contribution in [0, 0.1) is 0 Å². The van der Waals surface area contributed by atoms with Crippen LogP contribution in [0.25, 0.3) is 0 Å². The molecule has 2 aromatic rings. The van der Waals surface area contributed by atoms with Crippen molar-refractivity contribution in [3.8, 4) is 0 Å². The van der Waals surface area contributed by atoms with E-state index in [9.17, 15) is 9.59 Å². The molecule has 0 aliphatic heterocycles. The zero-order valence-corrected chi connectivity index (χ0v) is 18.2. The Bertz CT molecular complexity index is 856. The fourth-order valence-electron chi connectivity index (χ4n) is 4.22. The van der Waals surface area contributed by atoms with Gasteiger partial charge >= 0.3 is 5.97 Å². The SMILES string of the molecule is Cl.NCC1(c2cccc(Cl)c2)CCC(N(CCC(=O)O)C(=O)c2cccnc2)CC1. The maximum absolute atomic E-state index is 13.1. The molecule has 0 atom stereocenters. The summed E-state index contributed by atoms with van der Waals surface area (Å²) >= 11 is 6.19. The van der Waals surface area contributed by atoms with Crippen LogP contribution in [0.4, 0.5) is 0 Å². The quantitative estimate of drug-likeness (QED) is 0.664. The maximum atomic E-state index is 13.1. The molecule has 0 radical (unpaired) electrons. The number of carbonyl (C=O) groups is 2. The number of nitrogens with two attached hydrogens (primary N) is 1. The van der Waals surface area contributed by atoms with Gasteiger partial charge in [-0.25, -0.2) is 0 Å². The number of aliphatic carboxylic acids is 1. The lowest BCUT2D eigenvalue weighted by molar-refractivity contribution is -0.137. The van der Waals surface area contributed by atoms with E-state index in [0.29, 0.717) is 17.1 Å². The van der Waals surface area contributed by atoms with Gasteiger partial charge in [0, 0.05) is 42.0 Å². The van der Waals surface area contributed by atoms with E-state index in [1.807, 2.05) is 18.2 Å². The highest BCUT2D eigenvalue weighted by Gasteiger charge is 2.38. The number of halogens is 2. The van der Waals surface area contributed by atoms with Gasteiger partial charge in [-0.3, -0.25) is 14.6 Å². The van der Waals surface area contributed by atoms with Crippen molar-refractivity contribution in [1.29, 1.82) is 0 Å². The standard InChI is InChI=1S/C22H26ClN3O3.ClH/c23-18-5-1-4-17(13-18)22(15-24)9-6-19(7-10-22)26(12-8-20(27)28)21(29)16-3-2-11-25-14-16;/h1-5,11,13-14,19H,6-10,12,15,24H2,(H,27,28);1H. The Morgan fingerprint density at radius 2 is 1.97 bits per heavy atom. The Kier molecular flexibility index (Phi) is 8.65. The average molecular weight is 452 g/mol. The Morgan fingerprint density at radius 1 is 1.23 bits per heavy atom. The molecule has 30 heavy (non-hydrogen) atoms. The third kappa shape index (κ3) is 5.50. The van der Waals surface area contributed by atoms with Crippen LogP contribution in [0.1, 0.15) is 48.0 Å². The molecular weight excluding hydrogens is 425 g/mol. The summed E-state index contributed by atoms with van der Waals surface area (Å²) in [6.45, 7) is 0.687. The number of carbonyl (C=O) groups excluding carboxylic acids is 1. The molecule has 0 saturated heterocycles. The van der Waals surface area contributed by atoms with E-state index in [-0.39, 0.29) is 42.7 Å². The van der Waals surface area contributed by atoms with Crippen molar-refractivity contribution in [2.45, 2.75) is 43.6 Å². The maximum Gasteiger partial charge on any atom is 0.305 e. The fraction of sp³-hybridized carbons (Fsp3) is 0.409. The first-order valence-electron chi connectivity index (χ1n) is 9.84. The molecule has 1 fully saturated rings. The van der Waals surface area contributed by atoms with Gasteiger partial charge in [-0.05, 0) is 55.5 Å². The molecule has 162 valence electrons. The van der Waals surface area contributed by atoms with Crippen LogP contribution in [0.5, 0.6) is 0 Å². The summed E-state index contributed by atoms with van der Waals surface area (Å²) in [5.74, 6) is -1.09. The van der Waals surface area contributed by atoms with Gasteiger partial charge in [-0.2, -0.15) is 0 Å². The molecule has 0 bridgehead atoms. The normalized spacial score (nSPS) is 20.8. The third-order valence-corrected chi connectivity index (χ3v) is 6.15. The minimum atomic E-state index is -0.917. The zero-order valence-electron chi connectivity index (χ0n) is 16.7. The monoisotopic (exact) mass is 451 g/mol. The topological polar surface area (TPSA) is 96.5 Å². The van der Waals surface area contributed by atoms with Gasteiger partial charge in [0.2, 0.25) is 0 Å². The Hall–Kier alpha value is -2.15.